The van der Waals surface area contributed by atoms with Crippen LogP contribution in [0.3, 0.4) is 0 Å². The molecule has 5 heteroatoms. The Morgan fingerprint density at radius 3 is 3.05 bits per heavy atom. The summed E-state index contributed by atoms with van der Waals surface area (Å²) in [6, 6.07) is 9.57. The number of hydrogen-bond donors (Lipinski definition) is 1. The van der Waals surface area contributed by atoms with E-state index in [0.29, 0.717) is 5.92 Å². The van der Waals surface area contributed by atoms with E-state index in [1.165, 1.54) is 5.56 Å². The number of hydrogen-bond acceptors (Lipinski definition) is 2. The van der Waals surface area contributed by atoms with Gasteiger partial charge in [-0.3, -0.25) is 9.48 Å². The number of carbonyl (C=O) groups is 1. The van der Waals surface area contributed by atoms with Gasteiger partial charge in [-0.15, -0.1) is 0 Å². The molecule has 1 aliphatic carbocycles. The number of aromatic nitrogens is 2. The average Bonchev–Trinajstić information content (AvgIpc) is 2.99. The molecule has 4 nitrogen and oxygen atoms in total. The predicted octanol–water partition coefficient (Wildman–Crippen LogP) is 2.77. The van der Waals surface area contributed by atoms with Gasteiger partial charge in [0.15, 0.2) is 0 Å². The summed E-state index contributed by atoms with van der Waals surface area (Å²) in [5.74, 6) is 0.380. The summed E-state index contributed by atoms with van der Waals surface area (Å²) < 4.78 is 1.66. The standard InChI is InChI=1S/C15H16ClN3O/c1-10(19-7-3-6-17-19)15(20)18-14-9-13(14)11-4-2-5-12(16)8-11/h2-8,10,13-14H,9H2,1H3,(H,18,20)/t10-,13-,14-/m1/s1. The van der Waals surface area contributed by atoms with Crippen LogP contribution in [0.5, 0.6) is 0 Å². The number of nitrogens with zero attached hydrogens (tertiary/aromatic N) is 2. The minimum absolute atomic E-state index is 0.00299. The molecular weight excluding hydrogens is 274 g/mol. The molecule has 1 saturated carbocycles. The van der Waals surface area contributed by atoms with Gasteiger partial charge in [-0.25, -0.2) is 0 Å². The number of carbonyl (C=O) groups excluding carboxylic acids is 1. The Kier molecular flexibility index (Phi) is 3.49. The van der Waals surface area contributed by atoms with Crippen molar-refractivity contribution in [1.82, 2.24) is 15.1 Å². The monoisotopic (exact) mass is 289 g/mol. The van der Waals surface area contributed by atoms with Crippen LogP contribution in [0.15, 0.2) is 42.7 Å². The van der Waals surface area contributed by atoms with Crippen LogP contribution in [0.1, 0.15) is 30.9 Å². The molecule has 0 spiro atoms. The van der Waals surface area contributed by atoms with Crippen molar-refractivity contribution in [3.05, 3.63) is 53.3 Å². The van der Waals surface area contributed by atoms with Crippen molar-refractivity contribution in [2.45, 2.75) is 31.3 Å². The number of rotatable bonds is 4. The van der Waals surface area contributed by atoms with Gasteiger partial charge in [0, 0.05) is 29.4 Å². The van der Waals surface area contributed by atoms with Gasteiger partial charge in [0.05, 0.1) is 0 Å². The second-order valence-electron chi connectivity index (χ2n) is 5.17. The third kappa shape index (κ3) is 2.70. The predicted molar refractivity (Wildman–Crippen MR) is 77.7 cm³/mol. The van der Waals surface area contributed by atoms with Gasteiger partial charge in [0.1, 0.15) is 6.04 Å². The van der Waals surface area contributed by atoms with E-state index in [-0.39, 0.29) is 18.0 Å². The first kappa shape index (κ1) is 13.2. The average molecular weight is 290 g/mol. The summed E-state index contributed by atoms with van der Waals surface area (Å²) in [5, 5.41) is 7.90. The van der Waals surface area contributed by atoms with Crippen molar-refractivity contribution >= 4 is 17.5 Å². The first-order chi connectivity index (χ1) is 9.65. The number of nitrogens with one attached hydrogen (secondary N) is 1. The molecule has 0 bridgehead atoms. The minimum Gasteiger partial charge on any atom is -0.351 e. The summed E-state index contributed by atoms with van der Waals surface area (Å²) in [7, 11) is 0. The lowest BCUT2D eigenvalue weighted by Gasteiger charge is -2.12. The second kappa shape index (κ2) is 5.29. The molecule has 0 radical (unpaired) electrons. The van der Waals surface area contributed by atoms with Crippen LogP contribution in [0, 0.1) is 0 Å². The Balaban J connectivity index is 1.59. The number of halogens is 1. The summed E-state index contributed by atoms with van der Waals surface area (Å²) in [5.41, 5.74) is 1.19. The van der Waals surface area contributed by atoms with Gasteiger partial charge in [-0.1, -0.05) is 23.7 Å². The highest BCUT2D eigenvalue weighted by Crippen LogP contribution is 2.41. The normalized spacial score (nSPS) is 22.3. The highest BCUT2D eigenvalue weighted by Gasteiger charge is 2.40. The molecule has 1 N–H and O–H groups in total. The molecule has 1 heterocycles. The number of amides is 1. The van der Waals surface area contributed by atoms with Crippen LogP contribution in [0.25, 0.3) is 0 Å². The van der Waals surface area contributed by atoms with Crippen LogP contribution in [0.2, 0.25) is 5.02 Å². The fourth-order valence-corrected chi connectivity index (χ4v) is 2.59. The van der Waals surface area contributed by atoms with E-state index in [1.54, 1.807) is 17.1 Å². The lowest BCUT2D eigenvalue weighted by Crippen LogP contribution is -2.33. The van der Waals surface area contributed by atoms with Crippen LogP contribution in [-0.4, -0.2) is 21.7 Å². The summed E-state index contributed by atoms with van der Waals surface area (Å²) >= 11 is 5.99. The van der Waals surface area contributed by atoms with Crippen LogP contribution in [0.4, 0.5) is 0 Å². The van der Waals surface area contributed by atoms with E-state index in [2.05, 4.69) is 16.5 Å². The first-order valence-electron chi connectivity index (χ1n) is 6.70. The Labute approximate surface area is 122 Å². The zero-order valence-corrected chi connectivity index (χ0v) is 11.9. The zero-order valence-electron chi connectivity index (χ0n) is 11.2. The van der Waals surface area contributed by atoms with Crippen molar-refractivity contribution in [2.24, 2.45) is 0 Å². The highest BCUT2D eigenvalue weighted by molar-refractivity contribution is 6.30. The quantitative estimate of drug-likeness (QED) is 0.941. The van der Waals surface area contributed by atoms with Gasteiger partial charge in [0.2, 0.25) is 5.91 Å². The summed E-state index contributed by atoms with van der Waals surface area (Å²) in [6.07, 6.45) is 4.44. The van der Waals surface area contributed by atoms with Crippen LogP contribution < -0.4 is 5.32 Å². The Bertz CT molecular complexity index is 611. The fraction of sp³-hybridized carbons (Fsp3) is 0.333. The van der Waals surface area contributed by atoms with Gasteiger partial charge in [0.25, 0.3) is 0 Å². The maximum Gasteiger partial charge on any atom is 0.244 e. The topological polar surface area (TPSA) is 46.9 Å². The van der Waals surface area contributed by atoms with Crippen molar-refractivity contribution in [1.29, 1.82) is 0 Å². The third-order valence-corrected chi connectivity index (χ3v) is 3.93. The van der Waals surface area contributed by atoms with Crippen LogP contribution in [-0.2, 0) is 4.79 Å². The molecule has 1 aliphatic rings. The molecular formula is C15H16ClN3O. The maximum atomic E-state index is 12.1. The highest BCUT2D eigenvalue weighted by atomic mass is 35.5. The van der Waals surface area contributed by atoms with E-state index < -0.39 is 0 Å². The van der Waals surface area contributed by atoms with E-state index >= 15 is 0 Å². The van der Waals surface area contributed by atoms with Crippen molar-refractivity contribution in [2.75, 3.05) is 0 Å². The second-order valence-corrected chi connectivity index (χ2v) is 5.61. The fourth-order valence-electron chi connectivity index (χ4n) is 2.39. The minimum atomic E-state index is -0.286. The van der Waals surface area contributed by atoms with E-state index in [9.17, 15) is 4.79 Å². The van der Waals surface area contributed by atoms with Crippen molar-refractivity contribution in [3.63, 3.8) is 0 Å². The Morgan fingerprint density at radius 2 is 2.35 bits per heavy atom. The zero-order chi connectivity index (χ0) is 14.1. The smallest absolute Gasteiger partial charge is 0.244 e. The molecule has 3 rings (SSSR count). The SMILES string of the molecule is C[C@H](C(=O)N[C@@H]1C[C@@H]1c1cccc(Cl)c1)n1cccn1. The van der Waals surface area contributed by atoms with Crippen LogP contribution >= 0.6 is 11.6 Å². The molecule has 3 atom stereocenters. The Morgan fingerprint density at radius 1 is 1.50 bits per heavy atom. The molecule has 1 aromatic heterocycles. The molecule has 0 saturated heterocycles. The lowest BCUT2D eigenvalue weighted by atomic mass is 10.1. The molecule has 1 aromatic carbocycles. The van der Waals surface area contributed by atoms with Gasteiger partial charge in [-0.2, -0.15) is 5.10 Å². The molecule has 20 heavy (non-hydrogen) atoms. The summed E-state index contributed by atoms with van der Waals surface area (Å²) in [6.45, 7) is 1.85. The molecule has 2 aromatic rings. The molecule has 1 amide bonds. The van der Waals surface area contributed by atoms with E-state index in [0.717, 1.165) is 11.4 Å². The molecule has 1 fully saturated rings. The Hall–Kier alpha value is -1.81. The summed E-state index contributed by atoms with van der Waals surface area (Å²) in [4.78, 5) is 12.1. The van der Waals surface area contributed by atoms with Gasteiger partial charge < -0.3 is 5.32 Å². The molecule has 104 valence electrons. The first-order valence-corrected chi connectivity index (χ1v) is 7.08. The molecule has 0 unspecified atom stereocenters. The van der Waals surface area contributed by atoms with E-state index in [1.807, 2.05) is 31.2 Å². The van der Waals surface area contributed by atoms with Crippen molar-refractivity contribution in [3.8, 4) is 0 Å². The number of benzene rings is 1. The molecule has 0 aliphatic heterocycles. The third-order valence-electron chi connectivity index (χ3n) is 3.70. The van der Waals surface area contributed by atoms with Crippen molar-refractivity contribution < 1.29 is 4.79 Å². The van der Waals surface area contributed by atoms with E-state index in [4.69, 9.17) is 11.6 Å². The van der Waals surface area contributed by atoms with Gasteiger partial charge >= 0.3 is 0 Å². The largest absolute Gasteiger partial charge is 0.351 e. The van der Waals surface area contributed by atoms with Gasteiger partial charge in [-0.05, 0) is 37.1 Å². The maximum absolute atomic E-state index is 12.1. The lowest BCUT2D eigenvalue weighted by molar-refractivity contribution is -0.124.